The summed E-state index contributed by atoms with van der Waals surface area (Å²) in [7, 11) is 1.59. The summed E-state index contributed by atoms with van der Waals surface area (Å²) >= 11 is 1.33. The Balaban J connectivity index is 1.78. The van der Waals surface area contributed by atoms with Crippen LogP contribution in [0, 0.1) is 13.8 Å². The highest BCUT2D eigenvalue weighted by Crippen LogP contribution is 2.37. The van der Waals surface area contributed by atoms with Crippen molar-refractivity contribution in [2.45, 2.75) is 40.5 Å². The maximum Gasteiger partial charge on any atom is 0.341 e. The lowest BCUT2D eigenvalue weighted by Gasteiger charge is -2.11. The van der Waals surface area contributed by atoms with Gasteiger partial charge >= 0.3 is 5.97 Å². The van der Waals surface area contributed by atoms with Crippen LogP contribution in [0.15, 0.2) is 41.8 Å². The number of thiophene rings is 1. The van der Waals surface area contributed by atoms with Gasteiger partial charge in [0, 0.05) is 17.4 Å². The molecule has 0 fully saturated rings. The van der Waals surface area contributed by atoms with E-state index in [1.165, 1.54) is 16.9 Å². The Bertz CT molecular complexity index is 1170. The molecule has 3 aromatic rings. The first-order valence-corrected chi connectivity index (χ1v) is 12.2. The average Bonchev–Trinajstić information content (AvgIpc) is 3.24. The van der Waals surface area contributed by atoms with Crippen LogP contribution in [0.4, 0.5) is 5.00 Å². The number of esters is 1. The smallest absolute Gasteiger partial charge is 0.341 e. The first kappa shape index (κ1) is 25.3. The number of anilines is 1. The van der Waals surface area contributed by atoms with Gasteiger partial charge in [0.2, 0.25) is 5.91 Å². The molecule has 0 saturated carbocycles. The zero-order valence-electron chi connectivity index (χ0n) is 20.3. The van der Waals surface area contributed by atoms with Crippen molar-refractivity contribution in [3.05, 3.63) is 64.0 Å². The summed E-state index contributed by atoms with van der Waals surface area (Å²) in [6, 6.07) is 11.7. The van der Waals surface area contributed by atoms with Gasteiger partial charge in [0.1, 0.15) is 10.6 Å². The number of benzene rings is 2. The highest BCUT2D eigenvalue weighted by Gasteiger charge is 2.23. The molecular formula is C27H31NO5S. The van der Waals surface area contributed by atoms with E-state index >= 15 is 0 Å². The number of carbonyl (C=O) groups is 2. The molecule has 0 spiro atoms. The van der Waals surface area contributed by atoms with Gasteiger partial charge in [0.25, 0.3) is 0 Å². The number of hydrogen-bond acceptors (Lipinski definition) is 6. The number of carbonyl (C=O) groups excluding carboxylic acids is 2. The zero-order valence-corrected chi connectivity index (χ0v) is 21.1. The van der Waals surface area contributed by atoms with Crippen molar-refractivity contribution in [2.75, 3.05) is 25.6 Å². The fraction of sp³-hybridized carbons (Fsp3) is 0.333. The van der Waals surface area contributed by atoms with E-state index in [4.69, 9.17) is 14.2 Å². The van der Waals surface area contributed by atoms with Crippen LogP contribution >= 0.6 is 11.3 Å². The number of methoxy groups -OCH3 is 1. The Morgan fingerprint density at radius 2 is 1.76 bits per heavy atom. The molecule has 1 heterocycles. The summed E-state index contributed by atoms with van der Waals surface area (Å²) in [5.41, 5.74) is 5.35. The molecule has 0 radical (unpaired) electrons. The zero-order chi connectivity index (χ0) is 24.7. The van der Waals surface area contributed by atoms with Crippen molar-refractivity contribution in [1.82, 2.24) is 0 Å². The van der Waals surface area contributed by atoms with Crippen molar-refractivity contribution in [1.29, 1.82) is 0 Å². The molecule has 0 saturated heterocycles. The Hall–Kier alpha value is -3.32. The summed E-state index contributed by atoms with van der Waals surface area (Å²) < 4.78 is 16.2. The standard InChI is InChI=1S/C27H31NO5S/c1-6-32-22-12-9-19(15-23(22)31-5)10-13-24(29)28-26-25(27(30)33-7-2)21(16-34-26)20-11-8-17(3)18(4)14-20/h8-9,11-12,14-16H,6-7,10,13H2,1-5H3,(H,28,29). The molecule has 1 amide bonds. The second kappa shape index (κ2) is 11.7. The third-order valence-electron chi connectivity index (χ3n) is 5.51. The minimum Gasteiger partial charge on any atom is -0.493 e. The van der Waals surface area contributed by atoms with Crippen molar-refractivity contribution in [3.63, 3.8) is 0 Å². The van der Waals surface area contributed by atoms with E-state index in [1.54, 1.807) is 14.0 Å². The average molecular weight is 482 g/mol. The maximum atomic E-state index is 12.8. The van der Waals surface area contributed by atoms with Crippen LogP contribution in [-0.4, -0.2) is 32.2 Å². The van der Waals surface area contributed by atoms with Crippen LogP contribution in [0.1, 0.15) is 47.3 Å². The lowest BCUT2D eigenvalue weighted by atomic mass is 9.99. The number of ether oxygens (including phenoxy) is 3. The second-order valence-corrected chi connectivity index (χ2v) is 8.72. The number of amides is 1. The summed E-state index contributed by atoms with van der Waals surface area (Å²) in [4.78, 5) is 25.6. The first-order chi connectivity index (χ1) is 16.4. The monoisotopic (exact) mass is 481 g/mol. The van der Waals surface area contributed by atoms with Gasteiger partial charge in [-0.1, -0.05) is 24.3 Å². The fourth-order valence-electron chi connectivity index (χ4n) is 3.57. The van der Waals surface area contributed by atoms with E-state index in [0.29, 0.717) is 35.1 Å². The third kappa shape index (κ3) is 5.97. The van der Waals surface area contributed by atoms with Gasteiger partial charge in [-0.05, 0) is 68.5 Å². The summed E-state index contributed by atoms with van der Waals surface area (Å²) in [5, 5.41) is 5.31. The van der Waals surface area contributed by atoms with Crippen molar-refractivity contribution in [3.8, 4) is 22.6 Å². The molecule has 0 aliphatic carbocycles. The highest BCUT2D eigenvalue weighted by molar-refractivity contribution is 7.15. The van der Waals surface area contributed by atoms with Gasteiger partial charge in [-0.25, -0.2) is 4.79 Å². The Morgan fingerprint density at radius 1 is 0.971 bits per heavy atom. The van der Waals surface area contributed by atoms with Crippen LogP contribution in [0.5, 0.6) is 11.5 Å². The van der Waals surface area contributed by atoms with Crippen LogP contribution in [0.2, 0.25) is 0 Å². The molecule has 1 aromatic heterocycles. The summed E-state index contributed by atoms with van der Waals surface area (Å²) in [6.45, 7) is 8.57. The molecule has 7 heteroatoms. The first-order valence-electron chi connectivity index (χ1n) is 11.3. The topological polar surface area (TPSA) is 73.9 Å². The molecule has 0 aliphatic heterocycles. The van der Waals surface area contributed by atoms with Gasteiger partial charge in [0.05, 0.1) is 20.3 Å². The molecule has 0 bridgehead atoms. The minimum absolute atomic E-state index is 0.174. The number of hydrogen-bond donors (Lipinski definition) is 1. The number of aryl methyl sites for hydroxylation is 3. The lowest BCUT2D eigenvalue weighted by molar-refractivity contribution is -0.116. The van der Waals surface area contributed by atoms with E-state index in [9.17, 15) is 9.59 Å². The molecule has 6 nitrogen and oxygen atoms in total. The Kier molecular flexibility index (Phi) is 8.71. The second-order valence-electron chi connectivity index (χ2n) is 7.84. The fourth-order valence-corrected chi connectivity index (χ4v) is 4.54. The van der Waals surface area contributed by atoms with E-state index in [1.807, 2.05) is 62.5 Å². The van der Waals surface area contributed by atoms with E-state index in [2.05, 4.69) is 5.32 Å². The Morgan fingerprint density at radius 3 is 2.44 bits per heavy atom. The van der Waals surface area contributed by atoms with E-state index < -0.39 is 5.97 Å². The van der Waals surface area contributed by atoms with E-state index in [0.717, 1.165) is 22.3 Å². The van der Waals surface area contributed by atoms with Crippen molar-refractivity contribution < 1.29 is 23.8 Å². The van der Waals surface area contributed by atoms with Gasteiger partial charge < -0.3 is 19.5 Å². The highest BCUT2D eigenvalue weighted by atomic mass is 32.1. The maximum absolute atomic E-state index is 12.8. The van der Waals surface area contributed by atoms with Crippen LogP contribution in [0.3, 0.4) is 0 Å². The number of rotatable bonds is 10. The third-order valence-corrected chi connectivity index (χ3v) is 6.41. The molecular weight excluding hydrogens is 450 g/mol. The lowest BCUT2D eigenvalue weighted by Crippen LogP contribution is -2.15. The predicted molar refractivity (Wildman–Crippen MR) is 136 cm³/mol. The molecule has 2 aromatic carbocycles. The molecule has 3 rings (SSSR count). The molecule has 0 unspecified atom stereocenters. The largest absolute Gasteiger partial charge is 0.493 e. The van der Waals surface area contributed by atoms with Crippen LogP contribution < -0.4 is 14.8 Å². The predicted octanol–water partition coefficient (Wildman–Crippen LogP) is 6.19. The SMILES string of the molecule is CCOC(=O)c1c(-c2ccc(C)c(C)c2)csc1NC(=O)CCc1ccc(OCC)c(OC)c1. The van der Waals surface area contributed by atoms with Crippen LogP contribution in [-0.2, 0) is 16.0 Å². The molecule has 180 valence electrons. The van der Waals surface area contributed by atoms with Gasteiger partial charge in [0.15, 0.2) is 11.5 Å². The summed E-state index contributed by atoms with van der Waals surface area (Å²) in [6.07, 6.45) is 0.787. The molecule has 0 atom stereocenters. The molecule has 0 aliphatic rings. The van der Waals surface area contributed by atoms with Gasteiger partial charge in [-0.15, -0.1) is 11.3 Å². The molecule has 1 N–H and O–H groups in total. The quantitative estimate of drug-likeness (QED) is 0.350. The Labute approximate surface area is 204 Å². The minimum atomic E-state index is -0.441. The molecule has 34 heavy (non-hydrogen) atoms. The normalized spacial score (nSPS) is 10.6. The summed E-state index contributed by atoms with van der Waals surface area (Å²) in [5.74, 6) is 0.700. The van der Waals surface area contributed by atoms with Gasteiger partial charge in [-0.2, -0.15) is 0 Å². The van der Waals surface area contributed by atoms with Crippen molar-refractivity contribution in [2.24, 2.45) is 0 Å². The van der Waals surface area contributed by atoms with E-state index in [-0.39, 0.29) is 18.9 Å². The van der Waals surface area contributed by atoms with Crippen LogP contribution in [0.25, 0.3) is 11.1 Å². The number of nitrogens with one attached hydrogen (secondary N) is 1. The van der Waals surface area contributed by atoms with Gasteiger partial charge in [-0.3, -0.25) is 4.79 Å². The van der Waals surface area contributed by atoms with Crippen molar-refractivity contribution >= 4 is 28.2 Å².